The number of hydrogen-bond acceptors (Lipinski definition) is 4. The molecule has 84 valence electrons. The van der Waals surface area contributed by atoms with Crippen molar-refractivity contribution >= 4 is 11.3 Å². The average Bonchev–Trinajstić information content (AvgIpc) is 2.71. The fourth-order valence-corrected chi connectivity index (χ4v) is 2.43. The molecule has 0 amide bonds. The molecular formula is C12H14N2OS. The van der Waals surface area contributed by atoms with Crippen LogP contribution in [-0.2, 0) is 6.54 Å². The summed E-state index contributed by atoms with van der Waals surface area (Å²) in [5.74, 6) is 0.847. The van der Waals surface area contributed by atoms with Crippen LogP contribution in [0, 0.1) is 6.92 Å². The van der Waals surface area contributed by atoms with E-state index in [1.807, 2.05) is 31.2 Å². The minimum Gasteiger partial charge on any atom is -0.497 e. The lowest BCUT2D eigenvalue weighted by Gasteiger charge is -2.00. The number of aryl methyl sites for hydroxylation is 1. The number of nitrogens with two attached hydrogens (primary N) is 1. The van der Waals surface area contributed by atoms with Gasteiger partial charge < -0.3 is 10.5 Å². The first-order valence-electron chi connectivity index (χ1n) is 5.05. The molecule has 3 nitrogen and oxygen atoms in total. The van der Waals surface area contributed by atoms with E-state index in [1.54, 1.807) is 18.4 Å². The van der Waals surface area contributed by atoms with Crippen LogP contribution in [0.3, 0.4) is 0 Å². The monoisotopic (exact) mass is 234 g/mol. The van der Waals surface area contributed by atoms with Gasteiger partial charge in [-0.1, -0.05) is 12.1 Å². The van der Waals surface area contributed by atoms with Crippen LogP contribution in [0.2, 0.25) is 0 Å². The molecule has 16 heavy (non-hydrogen) atoms. The zero-order chi connectivity index (χ0) is 11.5. The Morgan fingerprint density at radius 1 is 1.44 bits per heavy atom. The van der Waals surface area contributed by atoms with Crippen molar-refractivity contribution in [2.75, 3.05) is 7.11 Å². The van der Waals surface area contributed by atoms with Gasteiger partial charge in [-0.3, -0.25) is 0 Å². The summed E-state index contributed by atoms with van der Waals surface area (Å²) >= 11 is 1.64. The molecule has 1 heterocycles. The molecule has 0 radical (unpaired) electrons. The molecule has 0 saturated heterocycles. The lowest BCUT2D eigenvalue weighted by atomic mass is 10.2. The van der Waals surface area contributed by atoms with Crippen LogP contribution >= 0.6 is 11.3 Å². The Labute approximate surface area is 98.9 Å². The van der Waals surface area contributed by atoms with Crippen LogP contribution in [-0.4, -0.2) is 12.1 Å². The minimum atomic E-state index is 0.549. The zero-order valence-electron chi connectivity index (χ0n) is 9.36. The maximum atomic E-state index is 5.64. The van der Waals surface area contributed by atoms with E-state index in [0.29, 0.717) is 6.54 Å². The van der Waals surface area contributed by atoms with Crippen molar-refractivity contribution in [1.82, 2.24) is 4.98 Å². The number of thiazole rings is 1. The molecule has 2 rings (SSSR count). The molecule has 0 spiro atoms. The van der Waals surface area contributed by atoms with Crippen molar-refractivity contribution in [3.05, 3.63) is 34.8 Å². The summed E-state index contributed by atoms with van der Waals surface area (Å²) in [5, 5.41) is 0.997. The molecule has 1 aromatic carbocycles. The Hall–Kier alpha value is -1.39. The minimum absolute atomic E-state index is 0.549. The number of benzene rings is 1. The number of methoxy groups -OCH3 is 1. The first kappa shape index (κ1) is 11.1. The fourth-order valence-electron chi connectivity index (χ4n) is 1.50. The topological polar surface area (TPSA) is 48.1 Å². The van der Waals surface area contributed by atoms with E-state index in [9.17, 15) is 0 Å². The molecule has 4 heteroatoms. The first-order chi connectivity index (χ1) is 7.74. The van der Waals surface area contributed by atoms with E-state index in [-0.39, 0.29) is 0 Å². The predicted molar refractivity (Wildman–Crippen MR) is 66.7 cm³/mol. The van der Waals surface area contributed by atoms with Crippen LogP contribution in [0.5, 0.6) is 5.75 Å². The van der Waals surface area contributed by atoms with E-state index in [1.165, 1.54) is 0 Å². The second kappa shape index (κ2) is 4.63. The Morgan fingerprint density at radius 2 is 2.25 bits per heavy atom. The van der Waals surface area contributed by atoms with Crippen molar-refractivity contribution in [3.8, 4) is 16.3 Å². The van der Waals surface area contributed by atoms with Crippen molar-refractivity contribution in [2.24, 2.45) is 5.73 Å². The second-order valence-corrected chi connectivity index (χ2v) is 4.55. The lowest BCUT2D eigenvalue weighted by Crippen LogP contribution is -1.94. The molecule has 2 aromatic rings. The van der Waals surface area contributed by atoms with Gasteiger partial charge in [0, 0.05) is 17.0 Å². The molecule has 0 aliphatic heterocycles. The van der Waals surface area contributed by atoms with E-state index in [2.05, 4.69) is 4.98 Å². The highest BCUT2D eigenvalue weighted by Crippen LogP contribution is 2.29. The molecule has 0 fully saturated rings. The van der Waals surface area contributed by atoms with Crippen molar-refractivity contribution in [2.45, 2.75) is 13.5 Å². The van der Waals surface area contributed by atoms with Crippen LogP contribution in [0.15, 0.2) is 24.3 Å². The van der Waals surface area contributed by atoms with E-state index >= 15 is 0 Å². The van der Waals surface area contributed by atoms with E-state index < -0.39 is 0 Å². The Bertz CT molecular complexity index is 494. The number of ether oxygens (including phenoxy) is 1. The summed E-state index contributed by atoms with van der Waals surface area (Å²) in [5.41, 5.74) is 7.74. The Balaban J connectivity index is 2.41. The lowest BCUT2D eigenvalue weighted by molar-refractivity contribution is 0.415. The number of nitrogens with zero attached hydrogens (tertiary/aromatic N) is 1. The highest BCUT2D eigenvalue weighted by Gasteiger charge is 2.08. The normalized spacial score (nSPS) is 10.4. The van der Waals surface area contributed by atoms with Crippen molar-refractivity contribution in [1.29, 1.82) is 0 Å². The molecule has 0 unspecified atom stereocenters. The fraction of sp³-hybridized carbons (Fsp3) is 0.250. The second-order valence-electron chi connectivity index (χ2n) is 3.46. The molecule has 1 aromatic heterocycles. The largest absolute Gasteiger partial charge is 0.497 e. The standard InChI is InChI=1S/C12H14N2OS/c1-8-11(7-13)16-12(14-8)9-4-3-5-10(6-9)15-2/h3-6H,7,13H2,1-2H3. The Kier molecular flexibility index (Phi) is 3.22. The van der Waals surface area contributed by atoms with Gasteiger partial charge >= 0.3 is 0 Å². The average molecular weight is 234 g/mol. The molecule has 0 aliphatic carbocycles. The molecule has 0 bridgehead atoms. The van der Waals surface area contributed by atoms with Crippen LogP contribution in [0.25, 0.3) is 10.6 Å². The third-order valence-corrected chi connectivity index (χ3v) is 3.62. The van der Waals surface area contributed by atoms with Crippen LogP contribution in [0.1, 0.15) is 10.6 Å². The molecule has 0 atom stereocenters. The Morgan fingerprint density at radius 3 is 2.88 bits per heavy atom. The maximum absolute atomic E-state index is 5.64. The smallest absolute Gasteiger partial charge is 0.124 e. The van der Waals surface area contributed by atoms with Gasteiger partial charge in [-0.05, 0) is 19.1 Å². The van der Waals surface area contributed by atoms with Gasteiger partial charge in [-0.25, -0.2) is 4.98 Å². The SMILES string of the molecule is COc1cccc(-c2nc(C)c(CN)s2)c1. The third-order valence-electron chi connectivity index (χ3n) is 2.39. The summed E-state index contributed by atoms with van der Waals surface area (Å²) in [6.07, 6.45) is 0. The van der Waals surface area contributed by atoms with Gasteiger partial charge in [-0.15, -0.1) is 11.3 Å². The van der Waals surface area contributed by atoms with Gasteiger partial charge in [0.25, 0.3) is 0 Å². The summed E-state index contributed by atoms with van der Waals surface area (Å²) in [4.78, 5) is 5.65. The number of hydrogen-bond donors (Lipinski definition) is 1. The highest BCUT2D eigenvalue weighted by atomic mass is 32.1. The molecule has 0 saturated carbocycles. The van der Waals surface area contributed by atoms with Gasteiger partial charge in [-0.2, -0.15) is 0 Å². The number of rotatable bonds is 3. The summed E-state index contributed by atoms with van der Waals surface area (Å²) in [6, 6.07) is 7.90. The molecule has 0 aliphatic rings. The predicted octanol–water partition coefficient (Wildman–Crippen LogP) is 2.59. The van der Waals surface area contributed by atoms with E-state index in [4.69, 9.17) is 10.5 Å². The molecular weight excluding hydrogens is 220 g/mol. The van der Waals surface area contributed by atoms with Crippen LogP contribution in [0.4, 0.5) is 0 Å². The van der Waals surface area contributed by atoms with E-state index in [0.717, 1.165) is 26.9 Å². The summed E-state index contributed by atoms with van der Waals surface area (Å²) in [7, 11) is 1.66. The van der Waals surface area contributed by atoms with Crippen molar-refractivity contribution < 1.29 is 4.74 Å². The first-order valence-corrected chi connectivity index (χ1v) is 5.87. The molecule has 2 N–H and O–H groups in total. The van der Waals surface area contributed by atoms with Gasteiger partial charge in [0.05, 0.1) is 12.8 Å². The quantitative estimate of drug-likeness (QED) is 0.888. The van der Waals surface area contributed by atoms with Gasteiger partial charge in [0.15, 0.2) is 0 Å². The van der Waals surface area contributed by atoms with Gasteiger partial charge in [0.1, 0.15) is 10.8 Å². The third kappa shape index (κ3) is 2.08. The van der Waals surface area contributed by atoms with Crippen molar-refractivity contribution in [3.63, 3.8) is 0 Å². The summed E-state index contributed by atoms with van der Waals surface area (Å²) < 4.78 is 5.19. The van der Waals surface area contributed by atoms with Gasteiger partial charge in [0.2, 0.25) is 0 Å². The maximum Gasteiger partial charge on any atom is 0.124 e. The number of aromatic nitrogens is 1. The highest BCUT2D eigenvalue weighted by molar-refractivity contribution is 7.15. The zero-order valence-corrected chi connectivity index (χ0v) is 10.2. The van der Waals surface area contributed by atoms with Crippen LogP contribution < -0.4 is 10.5 Å². The summed E-state index contributed by atoms with van der Waals surface area (Å²) in [6.45, 7) is 2.54.